The third-order valence-electron chi connectivity index (χ3n) is 2.84. The first kappa shape index (κ1) is 13.2. The number of carbonyl (C=O) groups excluding carboxylic acids is 1. The maximum absolute atomic E-state index is 12.2. The normalized spacial score (nSPS) is 30.9. The first-order chi connectivity index (χ1) is 7.27. The molecule has 0 radical (unpaired) electrons. The molecule has 1 rings (SSSR count). The van der Waals surface area contributed by atoms with Crippen molar-refractivity contribution in [3.63, 3.8) is 0 Å². The Labute approximate surface area is 98.2 Å². The average molecular weight is 225 g/mol. The third kappa shape index (κ3) is 3.34. The van der Waals surface area contributed by atoms with Gasteiger partial charge in [-0.2, -0.15) is 0 Å². The van der Waals surface area contributed by atoms with Gasteiger partial charge in [-0.15, -0.1) is 6.58 Å². The summed E-state index contributed by atoms with van der Waals surface area (Å²) in [6, 6.07) is 0. The van der Waals surface area contributed by atoms with E-state index in [9.17, 15) is 4.79 Å². The van der Waals surface area contributed by atoms with Crippen molar-refractivity contribution in [2.24, 2.45) is 11.3 Å². The summed E-state index contributed by atoms with van der Waals surface area (Å²) in [5, 5.41) is 3.02. The number of carbonyl (C=O) groups is 1. The Kier molecular flexibility index (Phi) is 3.79. The largest absolute Gasteiger partial charge is 0.380 e. The van der Waals surface area contributed by atoms with E-state index in [1.54, 1.807) is 0 Å². The Balaban J connectivity index is 2.69. The van der Waals surface area contributed by atoms with Crippen molar-refractivity contribution >= 4 is 5.91 Å². The molecule has 1 N–H and O–H groups in total. The summed E-state index contributed by atoms with van der Waals surface area (Å²) >= 11 is 0. The molecule has 3 nitrogen and oxygen atoms in total. The molecule has 3 heteroatoms. The fourth-order valence-electron chi connectivity index (χ4n) is 1.93. The van der Waals surface area contributed by atoms with Crippen LogP contribution in [-0.2, 0) is 9.53 Å². The Morgan fingerprint density at radius 1 is 1.56 bits per heavy atom. The van der Waals surface area contributed by atoms with Gasteiger partial charge in [0.05, 0.1) is 18.6 Å². The minimum atomic E-state index is -0.426. The van der Waals surface area contributed by atoms with Crippen LogP contribution in [0.15, 0.2) is 12.7 Å². The summed E-state index contributed by atoms with van der Waals surface area (Å²) in [6.07, 6.45) is 2.69. The lowest BCUT2D eigenvalue weighted by Crippen LogP contribution is -2.52. The predicted molar refractivity (Wildman–Crippen MR) is 65.1 cm³/mol. The van der Waals surface area contributed by atoms with E-state index in [1.165, 1.54) is 0 Å². The number of ether oxygens (including phenoxy) is 1. The van der Waals surface area contributed by atoms with E-state index in [2.05, 4.69) is 11.9 Å². The molecule has 2 atom stereocenters. The SMILES string of the molecule is C=C[C@@H]1COC[C@@](C)(C(=O)NC(C)(C)C)C1. The van der Waals surface area contributed by atoms with Crippen LogP contribution in [0.1, 0.15) is 34.1 Å². The number of rotatable bonds is 2. The van der Waals surface area contributed by atoms with Crippen LogP contribution >= 0.6 is 0 Å². The van der Waals surface area contributed by atoms with E-state index >= 15 is 0 Å². The van der Waals surface area contributed by atoms with Gasteiger partial charge < -0.3 is 10.1 Å². The summed E-state index contributed by atoms with van der Waals surface area (Å²) in [4.78, 5) is 12.2. The van der Waals surface area contributed by atoms with E-state index in [-0.39, 0.29) is 17.4 Å². The highest BCUT2D eigenvalue weighted by atomic mass is 16.5. The van der Waals surface area contributed by atoms with Crippen LogP contribution in [0.3, 0.4) is 0 Å². The number of hydrogen-bond donors (Lipinski definition) is 1. The molecule has 0 aromatic rings. The van der Waals surface area contributed by atoms with Crippen molar-refractivity contribution in [3.05, 3.63) is 12.7 Å². The van der Waals surface area contributed by atoms with Crippen LogP contribution in [0, 0.1) is 11.3 Å². The van der Waals surface area contributed by atoms with E-state index in [0.717, 1.165) is 6.42 Å². The first-order valence-electron chi connectivity index (χ1n) is 5.80. The molecule has 1 heterocycles. The van der Waals surface area contributed by atoms with Gasteiger partial charge in [-0.25, -0.2) is 0 Å². The average Bonchev–Trinajstić information content (AvgIpc) is 2.15. The van der Waals surface area contributed by atoms with Gasteiger partial charge >= 0.3 is 0 Å². The molecular weight excluding hydrogens is 202 g/mol. The minimum Gasteiger partial charge on any atom is -0.380 e. The van der Waals surface area contributed by atoms with Crippen LogP contribution in [-0.4, -0.2) is 24.7 Å². The van der Waals surface area contributed by atoms with Crippen LogP contribution in [0.2, 0.25) is 0 Å². The van der Waals surface area contributed by atoms with E-state index in [0.29, 0.717) is 13.2 Å². The predicted octanol–water partition coefficient (Wildman–Crippen LogP) is 2.13. The number of hydrogen-bond acceptors (Lipinski definition) is 2. The highest BCUT2D eigenvalue weighted by Crippen LogP contribution is 2.32. The molecule has 0 bridgehead atoms. The molecule has 0 saturated carbocycles. The minimum absolute atomic E-state index is 0.0755. The Morgan fingerprint density at radius 2 is 2.19 bits per heavy atom. The smallest absolute Gasteiger partial charge is 0.228 e. The van der Waals surface area contributed by atoms with Crippen LogP contribution in [0.5, 0.6) is 0 Å². The van der Waals surface area contributed by atoms with Gasteiger partial charge in [0, 0.05) is 11.5 Å². The highest BCUT2D eigenvalue weighted by Gasteiger charge is 2.39. The summed E-state index contributed by atoms with van der Waals surface area (Å²) in [6.45, 7) is 12.9. The summed E-state index contributed by atoms with van der Waals surface area (Å²) < 4.78 is 5.49. The quantitative estimate of drug-likeness (QED) is 0.731. The fraction of sp³-hybridized carbons (Fsp3) is 0.769. The van der Waals surface area contributed by atoms with Crippen molar-refractivity contribution in [2.75, 3.05) is 13.2 Å². The van der Waals surface area contributed by atoms with E-state index < -0.39 is 5.41 Å². The van der Waals surface area contributed by atoms with Crippen LogP contribution in [0.4, 0.5) is 0 Å². The molecule has 1 saturated heterocycles. The molecular formula is C13H23NO2. The zero-order valence-electron chi connectivity index (χ0n) is 10.8. The zero-order valence-corrected chi connectivity index (χ0v) is 10.8. The second kappa shape index (κ2) is 4.58. The maximum Gasteiger partial charge on any atom is 0.228 e. The van der Waals surface area contributed by atoms with Gasteiger partial charge in [0.15, 0.2) is 0 Å². The van der Waals surface area contributed by atoms with Gasteiger partial charge in [0.25, 0.3) is 0 Å². The van der Waals surface area contributed by atoms with E-state index in [4.69, 9.17) is 4.74 Å². The van der Waals surface area contributed by atoms with Gasteiger partial charge in [0.2, 0.25) is 5.91 Å². The Morgan fingerprint density at radius 3 is 2.69 bits per heavy atom. The molecule has 0 unspecified atom stereocenters. The summed E-state index contributed by atoms with van der Waals surface area (Å²) in [5.41, 5.74) is -0.619. The van der Waals surface area contributed by atoms with Crippen molar-refractivity contribution in [2.45, 2.75) is 39.7 Å². The first-order valence-corrected chi connectivity index (χ1v) is 5.80. The molecule has 1 aliphatic rings. The second-order valence-electron chi connectivity index (χ2n) is 5.98. The molecule has 92 valence electrons. The standard InChI is InChI=1S/C13H23NO2/c1-6-10-7-13(5,9-16-8-10)11(15)14-12(2,3)4/h6,10H,1,7-9H2,2-5H3,(H,14,15)/t10-,13-/m0/s1. The van der Waals surface area contributed by atoms with Crippen LogP contribution in [0.25, 0.3) is 0 Å². The zero-order chi connectivity index (χ0) is 12.4. The number of nitrogens with one attached hydrogen (secondary N) is 1. The van der Waals surface area contributed by atoms with Crippen molar-refractivity contribution in [3.8, 4) is 0 Å². The van der Waals surface area contributed by atoms with Gasteiger partial charge in [-0.3, -0.25) is 4.79 Å². The van der Waals surface area contributed by atoms with Crippen LogP contribution < -0.4 is 5.32 Å². The topological polar surface area (TPSA) is 38.3 Å². The lowest BCUT2D eigenvalue weighted by molar-refractivity contribution is -0.140. The Bertz CT molecular complexity index is 280. The third-order valence-corrected chi connectivity index (χ3v) is 2.84. The molecule has 1 aliphatic heterocycles. The maximum atomic E-state index is 12.2. The lowest BCUT2D eigenvalue weighted by atomic mass is 9.78. The summed E-state index contributed by atoms with van der Waals surface area (Å²) in [7, 11) is 0. The Hall–Kier alpha value is -0.830. The van der Waals surface area contributed by atoms with E-state index in [1.807, 2.05) is 33.8 Å². The molecule has 0 aromatic heterocycles. The number of amides is 1. The molecule has 16 heavy (non-hydrogen) atoms. The fourth-order valence-corrected chi connectivity index (χ4v) is 1.93. The highest BCUT2D eigenvalue weighted by molar-refractivity contribution is 5.83. The molecule has 0 aliphatic carbocycles. The molecule has 1 amide bonds. The molecule has 0 spiro atoms. The van der Waals surface area contributed by atoms with Crippen molar-refractivity contribution in [1.29, 1.82) is 0 Å². The summed E-state index contributed by atoms with van der Waals surface area (Å²) in [5.74, 6) is 0.357. The van der Waals surface area contributed by atoms with Gasteiger partial charge in [-0.05, 0) is 34.1 Å². The van der Waals surface area contributed by atoms with Crippen molar-refractivity contribution in [1.82, 2.24) is 5.32 Å². The molecule has 1 fully saturated rings. The molecule has 0 aromatic carbocycles. The monoisotopic (exact) mass is 225 g/mol. The van der Waals surface area contributed by atoms with Gasteiger partial charge in [-0.1, -0.05) is 6.08 Å². The second-order valence-corrected chi connectivity index (χ2v) is 5.98. The van der Waals surface area contributed by atoms with Crippen molar-refractivity contribution < 1.29 is 9.53 Å². The van der Waals surface area contributed by atoms with Gasteiger partial charge in [0.1, 0.15) is 0 Å². The lowest BCUT2D eigenvalue weighted by Gasteiger charge is -2.37.